The number of hydrogen-bond acceptors (Lipinski definition) is 10. The highest BCUT2D eigenvalue weighted by molar-refractivity contribution is 5.70. The van der Waals surface area contributed by atoms with Crippen molar-refractivity contribution >= 4 is 11.9 Å². The molecule has 0 aromatic rings. The normalized spacial score (nSPS) is 21.0. The third kappa shape index (κ3) is 25.2. The Morgan fingerprint density at radius 2 is 1.12 bits per heavy atom. The van der Waals surface area contributed by atoms with Crippen LogP contribution in [0.15, 0.2) is 24.8 Å². The third-order valence-electron chi connectivity index (χ3n) is 9.71. The molecule has 1 rings (SSSR count). The van der Waals surface area contributed by atoms with Gasteiger partial charge in [-0.15, -0.1) is 6.58 Å². The summed E-state index contributed by atoms with van der Waals surface area (Å²) in [5.41, 5.74) is 0. The van der Waals surface area contributed by atoms with E-state index < -0.39 is 49.4 Å². The van der Waals surface area contributed by atoms with Crippen LogP contribution in [-0.4, -0.2) is 89.0 Å². The molecule has 0 aromatic carbocycles. The van der Waals surface area contributed by atoms with Crippen LogP contribution < -0.4 is 0 Å². The van der Waals surface area contributed by atoms with Crippen LogP contribution in [0.1, 0.15) is 174 Å². The first kappa shape index (κ1) is 48.2. The number of allylic oxidation sites excluding steroid dienone is 3. The van der Waals surface area contributed by atoms with Crippen molar-refractivity contribution in [2.24, 2.45) is 0 Å². The maximum absolute atomic E-state index is 12.7. The van der Waals surface area contributed by atoms with Gasteiger partial charge in [0.05, 0.1) is 13.2 Å². The average molecular weight is 741 g/mol. The van der Waals surface area contributed by atoms with Crippen LogP contribution in [-0.2, 0) is 28.5 Å². The van der Waals surface area contributed by atoms with Gasteiger partial charge in [-0.1, -0.05) is 128 Å². The summed E-state index contributed by atoms with van der Waals surface area (Å²) >= 11 is 0. The molecule has 1 aliphatic rings. The van der Waals surface area contributed by atoms with E-state index >= 15 is 0 Å². The number of aliphatic hydroxyl groups excluding tert-OH is 4. The molecule has 1 aliphatic heterocycles. The van der Waals surface area contributed by atoms with Gasteiger partial charge in [-0.2, -0.15) is 0 Å². The lowest BCUT2D eigenvalue weighted by molar-refractivity contribution is -0.305. The zero-order valence-electron chi connectivity index (χ0n) is 32.6. The zero-order chi connectivity index (χ0) is 38.1. The molecule has 1 heterocycles. The van der Waals surface area contributed by atoms with Crippen LogP contribution in [0.4, 0.5) is 0 Å². The predicted molar refractivity (Wildman–Crippen MR) is 206 cm³/mol. The molecule has 52 heavy (non-hydrogen) atoms. The van der Waals surface area contributed by atoms with Crippen molar-refractivity contribution in [2.75, 3.05) is 19.8 Å². The Balaban J connectivity index is 2.35. The van der Waals surface area contributed by atoms with E-state index in [0.717, 1.165) is 64.2 Å². The number of carbonyl (C=O) groups excluding carboxylic acids is 2. The van der Waals surface area contributed by atoms with Crippen molar-refractivity contribution in [3.8, 4) is 0 Å². The van der Waals surface area contributed by atoms with Crippen LogP contribution >= 0.6 is 0 Å². The summed E-state index contributed by atoms with van der Waals surface area (Å²) in [5, 5.41) is 40.0. The van der Waals surface area contributed by atoms with Gasteiger partial charge in [-0.05, 0) is 51.4 Å². The molecule has 0 radical (unpaired) electrons. The fourth-order valence-electron chi connectivity index (χ4n) is 6.34. The SMILES string of the molecule is C=CCCCCCCCCCCCCCCCC(=O)O[C@H](COC(=O)CCCCCCC/C=C/CCCCC)CO[C@@H]1O[C@H](CO)[C@H](O)C(O)C1O. The Kier molecular flexibility index (Phi) is 31.3. The first-order chi connectivity index (χ1) is 25.3. The van der Waals surface area contributed by atoms with Crippen molar-refractivity contribution in [3.63, 3.8) is 0 Å². The van der Waals surface area contributed by atoms with E-state index in [2.05, 4.69) is 25.7 Å². The molecule has 304 valence electrons. The Morgan fingerprint density at radius 3 is 1.63 bits per heavy atom. The van der Waals surface area contributed by atoms with Crippen molar-refractivity contribution in [1.82, 2.24) is 0 Å². The second-order valence-corrected chi connectivity index (χ2v) is 14.5. The summed E-state index contributed by atoms with van der Waals surface area (Å²) < 4.78 is 22.1. The number of aliphatic hydroxyl groups is 4. The van der Waals surface area contributed by atoms with Gasteiger partial charge in [0.25, 0.3) is 0 Å². The molecule has 0 aromatic heterocycles. The highest BCUT2D eigenvalue weighted by Gasteiger charge is 2.44. The largest absolute Gasteiger partial charge is 0.462 e. The van der Waals surface area contributed by atoms with Crippen LogP contribution in [0, 0.1) is 0 Å². The van der Waals surface area contributed by atoms with Crippen LogP contribution in [0.3, 0.4) is 0 Å². The molecule has 0 bridgehead atoms. The number of esters is 2. The minimum atomic E-state index is -1.59. The van der Waals surface area contributed by atoms with E-state index in [1.807, 2.05) is 6.08 Å². The van der Waals surface area contributed by atoms with Crippen LogP contribution in [0.2, 0.25) is 0 Å². The fourth-order valence-corrected chi connectivity index (χ4v) is 6.34. The van der Waals surface area contributed by atoms with Gasteiger partial charge in [0.2, 0.25) is 0 Å². The van der Waals surface area contributed by atoms with Gasteiger partial charge in [0.15, 0.2) is 12.4 Å². The monoisotopic (exact) mass is 741 g/mol. The molecule has 1 fully saturated rings. The molecule has 2 unspecified atom stereocenters. The first-order valence-electron chi connectivity index (χ1n) is 20.9. The molecular weight excluding hydrogens is 664 g/mol. The molecule has 0 aliphatic carbocycles. The van der Waals surface area contributed by atoms with E-state index in [1.54, 1.807) is 0 Å². The number of ether oxygens (including phenoxy) is 4. The quantitative estimate of drug-likeness (QED) is 0.0285. The standard InChI is InChI=1S/C42H76O10/c1-3-5-7-9-11-13-15-17-18-19-21-23-25-27-29-31-38(45)51-35(34-50-42-41(48)40(47)39(46)36(32-43)52-42)33-49-37(44)30-28-26-24-22-20-16-14-12-10-8-6-4-2/h3,12,14,35-36,39-43,46-48H,1,4-11,13,15-34H2,2H3/b14-12+/t35-,36-,39+,40?,41?,42-/m1/s1. The summed E-state index contributed by atoms with van der Waals surface area (Å²) in [6.45, 7) is 4.90. The van der Waals surface area contributed by atoms with E-state index in [9.17, 15) is 30.0 Å². The fraction of sp³-hybridized carbons (Fsp3) is 0.857. The summed E-state index contributed by atoms with van der Waals surface area (Å²) in [5.74, 6) is -0.818. The molecule has 0 spiro atoms. The van der Waals surface area contributed by atoms with Crippen molar-refractivity contribution < 1.29 is 49.0 Å². The maximum atomic E-state index is 12.7. The lowest BCUT2D eigenvalue weighted by atomic mass is 9.99. The van der Waals surface area contributed by atoms with Gasteiger partial charge in [-0.3, -0.25) is 9.59 Å². The average Bonchev–Trinajstić information content (AvgIpc) is 3.14. The summed E-state index contributed by atoms with van der Waals surface area (Å²) in [6, 6.07) is 0. The molecular formula is C42H76O10. The predicted octanol–water partition coefficient (Wildman–Crippen LogP) is 8.16. The Bertz CT molecular complexity index is 894. The van der Waals surface area contributed by atoms with Crippen molar-refractivity contribution in [3.05, 3.63) is 24.8 Å². The van der Waals surface area contributed by atoms with Crippen LogP contribution in [0.25, 0.3) is 0 Å². The molecule has 0 saturated carbocycles. The molecule has 1 saturated heterocycles. The highest BCUT2D eigenvalue weighted by Crippen LogP contribution is 2.22. The van der Waals surface area contributed by atoms with Crippen LogP contribution in [0.5, 0.6) is 0 Å². The maximum Gasteiger partial charge on any atom is 0.306 e. The first-order valence-corrected chi connectivity index (χ1v) is 20.9. The van der Waals surface area contributed by atoms with E-state index in [0.29, 0.717) is 12.8 Å². The highest BCUT2D eigenvalue weighted by atomic mass is 16.7. The van der Waals surface area contributed by atoms with Gasteiger partial charge in [0.1, 0.15) is 31.0 Å². The topological polar surface area (TPSA) is 152 Å². The van der Waals surface area contributed by atoms with Crippen molar-refractivity contribution in [2.45, 2.75) is 211 Å². The molecule has 10 heteroatoms. The lowest BCUT2D eigenvalue weighted by Crippen LogP contribution is -2.59. The third-order valence-corrected chi connectivity index (χ3v) is 9.71. The van der Waals surface area contributed by atoms with E-state index in [4.69, 9.17) is 18.9 Å². The van der Waals surface area contributed by atoms with Gasteiger partial charge >= 0.3 is 11.9 Å². The molecule has 6 atom stereocenters. The zero-order valence-corrected chi connectivity index (χ0v) is 32.6. The smallest absolute Gasteiger partial charge is 0.306 e. The summed E-state index contributed by atoms with van der Waals surface area (Å²) in [7, 11) is 0. The number of hydrogen-bond donors (Lipinski definition) is 4. The molecule has 4 N–H and O–H groups in total. The van der Waals surface area contributed by atoms with Gasteiger partial charge in [0, 0.05) is 12.8 Å². The lowest BCUT2D eigenvalue weighted by Gasteiger charge is -2.39. The van der Waals surface area contributed by atoms with E-state index in [-0.39, 0.29) is 32.0 Å². The van der Waals surface area contributed by atoms with Gasteiger partial charge < -0.3 is 39.4 Å². The number of unbranched alkanes of at least 4 members (excludes halogenated alkanes) is 21. The van der Waals surface area contributed by atoms with E-state index in [1.165, 1.54) is 77.0 Å². The second-order valence-electron chi connectivity index (χ2n) is 14.5. The Labute approximate surface area is 315 Å². The number of carbonyl (C=O) groups is 2. The number of rotatable bonds is 35. The van der Waals surface area contributed by atoms with Crippen molar-refractivity contribution in [1.29, 1.82) is 0 Å². The minimum absolute atomic E-state index is 0.220. The summed E-state index contributed by atoms with van der Waals surface area (Å²) in [6.07, 6.45) is 26.5. The summed E-state index contributed by atoms with van der Waals surface area (Å²) in [4.78, 5) is 25.2. The second kappa shape index (κ2) is 33.7. The molecule has 10 nitrogen and oxygen atoms in total. The Morgan fingerprint density at radius 1 is 0.635 bits per heavy atom. The van der Waals surface area contributed by atoms with Gasteiger partial charge in [-0.25, -0.2) is 0 Å². The molecule has 0 amide bonds. The minimum Gasteiger partial charge on any atom is -0.462 e. The Hall–Kier alpha value is -1.82.